The molecule has 0 saturated carbocycles. The second-order valence-electron chi connectivity index (χ2n) is 0.577. The van der Waals surface area contributed by atoms with Crippen LogP contribution in [-0.2, 0) is 4.74 Å². The molecule has 1 nitrogen and oxygen atoms in total. The van der Waals surface area contributed by atoms with Gasteiger partial charge in [0.05, 0.1) is 0 Å². The molecule has 0 aromatic rings. The summed E-state index contributed by atoms with van der Waals surface area (Å²) in [6.45, 7) is 0. The number of ether oxygens (including phenoxy) is 1. The van der Waals surface area contributed by atoms with Crippen molar-refractivity contribution in [2.24, 2.45) is 0 Å². The molecule has 4 heavy (non-hydrogen) atoms. The van der Waals surface area contributed by atoms with Crippen LogP contribution in [0.15, 0.2) is 0 Å². The van der Waals surface area contributed by atoms with Gasteiger partial charge in [0, 0.05) is 0 Å². The Hall–Kier alpha value is 0.557. The molecule has 0 aromatic heterocycles. The third-order valence-electron chi connectivity index (χ3n) is 0.289. The molecule has 0 amide bonds. The summed E-state index contributed by atoms with van der Waals surface area (Å²) in [5, 5.41) is 0.819. The quantitative estimate of drug-likeness (QED) is 0.374. The second kappa shape index (κ2) is 3.56. The Morgan fingerprint density at radius 1 is 2.00 bits per heavy atom. The molecule has 2 heteroatoms. The summed E-state index contributed by atoms with van der Waals surface area (Å²) in [7, 11) is 1.68. The van der Waals surface area contributed by atoms with Gasteiger partial charge in [0.25, 0.3) is 0 Å². The average Bonchev–Trinajstić information content (AvgIpc) is 1.37. The van der Waals surface area contributed by atoms with E-state index in [9.17, 15) is 0 Å². The van der Waals surface area contributed by atoms with Gasteiger partial charge in [0.1, 0.15) is 0 Å². The molecule has 0 unspecified atom stereocenters. The molecule has 0 saturated heterocycles. The van der Waals surface area contributed by atoms with Crippen molar-refractivity contribution >= 4 is 17.7 Å². The Morgan fingerprint density at radius 2 is 2.25 bits per heavy atom. The summed E-state index contributed by atoms with van der Waals surface area (Å²) >= 11 is 1.96. The maximum atomic E-state index is 4.54. The molecule has 0 spiro atoms. The van der Waals surface area contributed by atoms with Crippen LogP contribution in [0, 0.1) is 0 Å². The molecule has 20 valence electrons. The molecule has 0 aliphatic carbocycles. The minimum atomic E-state index is 0.819. The van der Waals surface area contributed by atoms with Crippen LogP contribution in [0.4, 0.5) is 0 Å². The molecule has 0 aromatic carbocycles. The van der Waals surface area contributed by atoms with Crippen LogP contribution < -0.4 is 0 Å². The van der Waals surface area contributed by atoms with Crippen molar-refractivity contribution in [3.8, 4) is 0 Å². The average molecular weight is 52.0 g/mol. The van der Waals surface area contributed by atoms with Crippen LogP contribution in [0.25, 0.3) is 0 Å². The van der Waals surface area contributed by atoms with E-state index in [0.717, 1.165) is 5.28 Å². The summed E-state index contributed by atoms with van der Waals surface area (Å²) in [5.41, 5.74) is 0. The SMILES string of the molecule is [Li][CH2]OC. The van der Waals surface area contributed by atoms with E-state index in [1.54, 1.807) is 7.11 Å². The fourth-order valence-electron chi connectivity index (χ4n) is 0. The molecule has 0 aliphatic rings. The number of rotatable bonds is 1. The monoisotopic (exact) mass is 52.1 g/mol. The standard InChI is InChI=1S/C2H5O.Li/c1-3-2;/h1H2,2H3;. The van der Waals surface area contributed by atoms with Gasteiger partial charge in [-0.2, -0.15) is 0 Å². The van der Waals surface area contributed by atoms with Gasteiger partial charge in [-0.1, -0.05) is 0 Å². The normalized spacial score (nSPS) is 7.75. The van der Waals surface area contributed by atoms with Crippen molar-refractivity contribution in [2.45, 2.75) is 0 Å². The van der Waals surface area contributed by atoms with Crippen molar-refractivity contribution < 1.29 is 4.74 Å². The Morgan fingerprint density at radius 3 is 2.25 bits per heavy atom. The Kier molecular flexibility index (Phi) is 4.05. The van der Waals surface area contributed by atoms with Crippen LogP contribution in [-0.4, -0.2) is 30.1 Å². The first-order chi connectivity index (χ1) is 1.91. The number of methoxy groups -OCH3 is 1. The molecule has 0 N–H and O–H groups in total. The van der Waals surface area contributed by atoms with Crippen LogP contribution in [0.3, 0.4) is 0 Å². The second-order valence-corrected chi connectivity index (χ2v) is 0.577. The predicted molar refractivity (Wildman–Crippen MR) is 17.6 cm³/mol. The Labute approximate surface area is 35.5 Å². The molecule has 0 radical (unpaired) electrons. The topological polar surface area (TPSA) is 9.23 Å². The fourth-order valence-corrected chi connectivity index (χ4v) is 0. The molecule has 0 bridgehead atoms. The van der Waals surface area contributed by atoms with Crippen LogP contribution in [0.5, 0.6) is 0 Å². The maximum absolute atomic E-state index is 4.54. The Balaban J connectivity index is 1.97. The molecule has 0 aliphatic heterocycles. The minimum absolute atomic E-state index is 0.819. The van der Waals surface area contributed by atoms with Gasteiger partial charge in [0.2, 0.25) is 0 Å². The summed E-state index contributed by atoms with van der Waals surface area (Å²) in [6, 6.07) is 0. The van der Waals surface area contributed by atoms with Crippen molar-refractivity contribution in [3.63, 3.8) is 0 Å². The zero-order valence-electron chi connectivity index (χ0n) is 3.12. The number of hydrogen-bond acceptors (Lipinski definition) is 1. The summed E-state index contributed by atoms with van der Waals surface area (Å²) in [6.07, 6.45) is 0. The van der Waals surface area contributed by atoms with Crippen molar-refractivity contribution in [3.05, 3.63) is 0 Å². The van der Waals surface area contributed by atoms with Gasteiger partial charge in [-0.05, 0) is 0 Å². The number of hydrogen-bond donors (Lipinski definition) is 0. The van der Waals surface area contributed by atoms with Gasteiger partial charge >= 0.3 is 34.8 Å². The fraction of sp³-hybridized carbons (Fsp3) is 1.00. The van der Waals surface area contributed by atoms with E-state index in [1.165, 1.54) is 0 Å². The molecule has 0 atom stereocenters. The molecule has 0 fully saturated rings. The third-order valence-corrected chi connectivity index (χ3v) is 0.289. The van der Waals surface area contributed by atoms with E-state index in [4.69, 9.17) is 0 Å². The zero-order valence-corrected chi connectivity index (χ0v) is 3.12. The molecule has 0 rings (SSSR count). The van der Waals surface area contributed by atoms with Crippen LogP contribution in [0.2, 0.25) is 0 Å². The van der Waals surface area contributed by atoms with Gasteiger partial charge in [-0.15, -0.1) is 0 Å². The van der Waals surface area contributed by atoms with Crippen LogP contribution >= 0.6 is 0 Å². The van der Waals surface area contributed by atoms with Crippen LogP contribution in [0.1, 0.15) is 0 Å². The summed E-state index contributed by atoms with van der Waals surface area (Å²) in [5.74, 6) is 0. The van der Waals surface area contributed by atoms with E-state index in [1.807, 2.05) is 17.7 Å². The summed E-state index contributed by atoms with van der Waals surface area (Å²) in [4.78, 5) is 0. The van der Waals surface area contributed by atoms with E-state index in [-0.39, 0.29) is 0 Å². The van der Waals surface area contributed by atoms with Crippen molar-refractivity contribution in [1.29, 1.82) is 0 Å². The Bertz CT molecular complexity index is 8.00. The third kappa shape index (κ3) is 2.56. The van der Waals surface area contributed by atoms with E-state index >= 15 is 0 Å². The molecule has 0 heterocycles. The molecular weight excluding hydrogens is 47.0 g/mol. The van der Waals surface area contributed by atoms with Gasteiger partial charge < -0.3 is 0 Å². The first-order valence-corrected chi connectivity index (χ1v) is 1.40. The van der Waals surface area contributed by atoms with Crippen molar-refractivity contribution in [1.82, 2.24) is 0 Å². The van der Waals surface area contributed by atoms with Crippen molar-refractivity contribution in [2.75, 3.05) is 12.4 Å². The van der Waals surface area contributed by atoms with E-state index in [0.29, 0.717) is 0 Å². The van der Waals surface area contributed by atoms with Gasteiger partial charge in [0.15, 0.2) is 0 Å². The van der Waals surface area contributed by atoms with Gasteiger partial charge in [-0.3, -0.25) is 0 Å². The summed E-state index contributed by atoms with van der Waals surface area (Å²) < 4.78 is 4.54. The van der Waals surface area contributed by atoms with Gasteiger partial charge in [-0.25, -0.2) is 0 Å². The van der Waals surface area contributed by atoms with E-state index < -0.39 is 0 Å². The first-order valence-electron chi connectivity index (χ1n) is 1.40. The zero-order chi connectivity index (χ0) is 3.41. The predicted octanol–water partition coefficient (Wildman–Crippen LogP) is -0.241. The van der Waals surface area contributed by atoms with E-state index in [2.05, 4.69) is 4.74 Å². The molecular formula is C2H5LiO. The first kappa shape index (κ1) is 4.56.